The Balaban J connectivity index is 2.45. The summed E-state index contributed by atoms with van der Waals surface area (Å²) in [5, 5.41) is 0.240. The van der Waals surface area contributed by atoms with E-state index in [2.05, 4.69) is 4.98 Å². The molecule has 0 saturated carbocycles. The minimum atomic E-state index is -0.915. The molecular formula is C15H16FN3O3. The smallest absolute Gasteiger partial charge is 0.256 e. The average molecular weight is 305 g/mol. The zero-order valence-corrected chi connectivity index (χ0v) is 12.2. The highest BCUT2D eigenvalue weighted by Crippen LogP contribution is 2.21. The van der Waals surface area contributed by atoms with Crippen molar-refractivity contribution >= 4 is 22.7 Å². The molecule has 116 valence electrons. The number of carbonyl (C=O) groups is 2. The number of methoxy groups -OCH3 is 1. The minimum Gasteiger partial charge on any atom is -0.382 e. The number of hydrogen-bond acceptors (Lipinski definition) is 4. The highest BCUT2D eigenvalue weighted by molar-refractivity contribution is 6.06. The fourth-order valence-corrected chi connectivity index (χ4v) is 2.18. The van der Waals surface area contributed by atoms with Crippen LogP contribution in [-0.4, -0.2) is 48.5 Å². The molecule has 0 unspecified atom stereocenters. The summed E-state index contributed by atoms with van der Waals surface area (Å²) < 4.78 is 18.7. The lowest BCUT2D eigenvalue weighted by Crippen LogP contribution is -2.48. The van der Waals surface area contributed by atoms with Gasteiger partial charge in [0.1, 0.15) is 11.9 Å². The molecule has 2 aromatic rings. The van der Waals surface area contributed by atoms with E-state index >= 15 is 0 Å². The first-order chi connectivity index (χ1) is 10.5. The SMILES string of the molecule is COC[C@@H](C(N)=O)N(C)C(=O)c1ccc(F)c2cccnc12. The number of benzene rings is 1. The first-order valence-electron chi connectivity index (χ1n) is 6.56. The van der Waals surface area contributed by atoms with Gasteiger partial charge in [0.05, 0.1) is 17.7 Å². The van der Waals surface area contributed by atoms with E-state index < -0.39 is 23.7 Å². The number of likely N-dealkylation sites (N-methyl/N-ethyl adjacent to an activating group) is 1. The summed E-state index contributed by atoms with van der Waals surface area (Å²) in [5.74, 6) is -1.63. The van der Waals surface area contributed by atoms with Crippen LogP contribution in [0.4, 0.5) is 4.39 Å². The fourth-order valence-electron chi connectivity index (χ4n) is 2.18. The summed E-state index contributed by atoms with van der Waals surface area (Å²) in [5.41, 5.74) is 5.72. The molecule has 6 nitrogen and oxygen atoms in total. The number of nitrogens with zero attached hydrogens (tertiary/aromatic N) is 2. The predicted molar refractivity (Wildman–Crippen MR) is 78.7 cm³/mol. The Morgan fingerprint density at radius 2 is 2.14 bits per heavy atom. The van der Waals surface area contributed by atoms with Gasteiger partial charge in [-0.05, 0) is 24.3 Å². The van der Waals surface area contributed by atoms with Gasteiger partial charge in [-0.1, -0.05) is 0 Å². The van der Waals surface area contributed by atoms with E-state index in [9.17, 15) is 14.0 Å². The van der Waals surface area contributed by atoms with E-state index in [1.54, 1.807) is 6.07 Å². The lowest BCUT2D eigenvalue weighted by molar-refractivity contribution is -0.123. The highest BCUT2D eigenvalue weighted by atomic mass is 19.1. The van der Waals surface area contributed by atoms with Crippen LogP contribution < -0.4 is 5.73 Å². The van der Waals surface area contributed by atoms with Crippen molar-refractivity contribution in [1.82, 2.24) is 9.88 Å². The Morgan fingerprint density at radius 3 is 2.77 bits per heavy atom. The first kappa shape index (κ1) is 15.8. The first-order valence-corrected chi connectivity index (χ1v) is 6.56. The molecule has 1 aromatic heterocycles. The van der Waals surface area contributed by atoms with Crippen molar-refractivity contribution in [1.29, 1.82) is 0 Å². The van der Waals surface area contributed by atoms with Gasteiger partial charge in [-0.15, -0.1) is 0 Å². The number of carbonyl (C=O) groups excluding carboxylic acids is 2. The van der Waals surface area contributed by atoms with Gasteiger partial charge in [0, 0.05) is 25.7 Å². The maximum atomic E-state index is 13.8. The van der Waals surface area contributed by atoms with Gasteiger partial charge in [-0.3, -0.25) is 14.6 Å². The van der Waals surface area contributed by atoms with Crippen LogP contribution in [0.3, 0.4) is 0 Å². The van der Waals surface area contributed by atoms with Gasteiger partial charge in [-0.2, -0.15) is 0 Å². The van der Waals surface area contributed by atoms with Crippen molar-refractivity contribution in [2.24, 2.45) is 5.73 Å². The number of hydrogen-bond donors (Lipinski definition) is 1. The molecular weight excluding hydrogens is 289 g/mol. The quantitative estimate of drug-likeness (QED) is 0.891. The third kappa shape index (κ3) is 2.89. The second-order valence-corrected chi connectivity index (χ2v) is 4.78. The van der Waals surface area contributed by atoms with Crippen LogP contribution >= 0.6 is 0 Å². The Morgan fingerprint density at radius 1 is 1.41 bits per heavy atom. The summed E-state index contributed by atoms with van der Waals surface area (Å²) in [6.45, 7) is -0.0237. The molecule has 0 aliphatic carbocycles. The van der Waals surface area contributed by atoms with Crippen molar-refractivity contribution < 1.29 is 18.7 Å². The number of fused-ring (bicyclic) bond motifs is 1. The van der Waals surface area contributed by atoms with Crippen LogP contribution in [0.15, 0.2) is 30.5 Å². The Labute approximate surface area is 126 Å². The molecule has 7 heteroatoms. The molecule has 1 atom stereocenters. The van der Waals surface area contributed by atoms with Crippen LogP contribution in [0.2, 0.25) is 0 Å². The lowest BCUT2D eigenvalue weighted by atomic mass is 10.1. The van der Waals surface area contributed by atoms with Gasteiger partial charge >= 0.3 is 0 Å². The van der Waals surface area contributed by atoms with Crippen LogP contribution in [0.1, 0.15) is 10.4 Å². The van der Waals surface area contributed by atoms with Gasteiger partial charge in [0.25, 0.3) is 5.91 Å². The molecule has 0 spiro atoms. The Hall–Kier alpha value is -2.54. The number of nitrogens with two attached hydrogens (primary N) is 1. The number of pyridine rings is 1. The van der Waals surface area contributed by atoms with Gasteiger partial charge in [0.2, 0.25) is 5.91 Å². The van der Waals surface area contributed by atoms with E-state index in [0.717, 1.165) is 0 Å². The Bertz CT molecular complexity index is 720. The molecule has 0 fully saturated rings. The highest BCUT2D eigenvalue weighted by Gasteiger charge is 2.27. The van der Waals surface area contributed by atoms with E-state index in [-0.39, 0.29) is 23.1 Å². The molecule has 2 amide bonds. The summed E-state index contributed by atoms with van der Waals surface area (Å²) >= 11 is 0. The van der Waals surface area contributed by atoms with E-state index in [0.29, 0.717) is 0 Å². The second kappa shape index (κ2) is 6.48. The molecule has 0 saturated heterocycles. The average Bonchev–Trinajstić information content (AvgIpc) is 2.51. The molecule has 0 aliphatic heterocycles. The number of primary amides is 1. The van der Waals surface area contributed by atoms with Gasteiger partial charge < -0.3 is 15.4 Å². The number of aromatic nitrogens is 1. The Kier molecular flexibility index (Phi) is 4.67. The van der Waals surface area contributed by atoms with Crippen LogP contribution in [0, 0.1) is 5.82 Å². The number of halogens is 1. The monoisotopic (exact) mass is 305 g/mol. The van der Waals surface area contributed by atoms with Crippen LogP contribution in [-0.2, 0) is 9.53 Å². The van der Waals surface area contributed by atoms with E-state index in [1.165, 1.54) is 43.5 Å². The van der Waals surface area contributed by atoms with Crippen molar-refractivity contribution in [3.8, 4) is 0 Å². The van der Waals surface area contributed by atoms with Crippen molar-refractivity contribution in [3.05, 3.63) is 41.8 Å². The normalized spacial score (nSPS) is 12.1. The minimum absolute atomic E-state index is 0.0237. The van der Waals surface area contributed by atoms with Gasteiger partial charge in [-0.25, -0.2) is 4.39 Å². The predicted octanol–water partition coefficient (Wildman–Crippen LogP) is 0.946. The lowest BCUT2D eigenvalue weighted by Gasteiger charge is -2.25. The molecule has 1 heterocycles. The van der Waals surface area contributed by atoms with Crippen molar-refractivity contribution in [3.63, 3.8) is 0 Å². The molecule has 0 radical (unpaired) electrons. The third-order valence-electron chi connectivity index (χ3n) is 3.39. The summed E-state index contributed by atoms with van der Waals surface area (Å²) in [7, 11) is 2.85. The summed E-state index contributed by atoms with van der Waals surface area (Å²) in [6, 6.07) is 4.74. The topological polar surface area (TPSA) is 85.5 Å². The molecule has 2 N–H and O–H groups in total. The third-order valence-corrected chi connectivity index (χ3v) is 3.39. The van der Waals surface area contributed by atoms with E-state index in [1.807, 2.05) is 0 Å². The van der Waals surface area contributed by atoms with Crippen molar-refractivity contribution in [2.75, 3.05) is 20.8 Å². The standard InChI is InChI=1S/C15H16FN3O3/c1-19(12(8-22-2)14(17)20)15(21)10-5-6-11(16)9-4-3-7-18-13(9)10/h3-7,12H,8H2,1-2H3,(H2,17,20)/t12-/m0/s1. The summed E-state index contributed by atoms with van der Waals surface area (Å²) in [4.78, 5) is 29.3. The van der Waals surface area contributed by atoms with Crippen LogP contribution in [0.25, 0.3) is 10.9 Å². The maximum absolute atomic E-state index is 13.8. The fraction of sp³-hybridized carbons (Fsp3) is 0.267. The second-order valence-electron chi connectivity index (χ2n) is 4.78. The largest absolute Gasteiger partial charge is 0.382 e. The van der Waals surface area contributed by atoms with E-state index in [4.69, 9.17) is 10.5 Å². The number of rotatable bonds is 5. The maximum Gasteiger partial charge on any atom is 0.256 e. The van der Waals surface area contributed by atoms with Crippen LogP contribution in [0.5, 0.6) is 0 Å². The zero-order valence-electron chi connectivity index (χ0n) is 12.2. The van der Waals surface area contributed by atoms with Gasteiger partial charge in [0.15, 0.2) is 0 Å². The summed E-state index contributed by atoms with van der Waals surface area (Å²) in [6.07, 6.45) is 1.47. The molecule has 2 rings (SSSR count). The number of amides is 2. The number of ether oxygens (including phenoxy) is 1. The molecule has 1 aromatic carbocycles. The molecule has 22 heavy (non-hydrogen) atoms. The molecule has 0 aliphatic rings. The van der Waals surface area contributed by atoms with Crippen molar-refractivity contribution in [2.45, 2.75) is 6.04 Å². The molecule has 0 bridgehead atoms. The zero-order chi connectivity index (χ0) is 16.3.